The van der Waals surface area contributed by atoms with Gasteiger partial charge in [0.1, 0.15) is 11.9 Å². The number of H-pyrrole nitrogens is 1. The van der Waals surface area contributed by atoms with Crippen molar-refractivity contribution in [2.24, 2.45) is 0 Å². The molecule has 70 valence electrons. The fourth-order valence-electron chi connectivity index (χ4n) is 1.42. The molecule has 0 bridgehead atoms. The second-order valence-electron chi connectivity index (χ2n) is 3.23. The Morgan fingerprint density at radius 3 is 2.69 bits per heavy atom. The monoisotopic (exact) mass is 177 g/mol. The Bertz CT molecular complexity index is 331. The van der Waals surface area contributed by atoms with Crippen LogP contribution in [-0.4, -0.2) is 4.98 Å². The van der Waals surface area contributed by atoms with Crippen LogP contribution >= 0.6 is 0 Å². The first-order chi connectivity index (χ1) is 6.20. The van der Waals surface area contributed by atoms with E-state index in [-0.39, 0.29) is 0 Å². The molecule has 13 heavy (non-hydrogen) atoms. The molecular formula is C10H15N3. The van der Waals surface area contributed by atoms with E-state index in [1.807, 2.05) is 6.92 Å². The molecule has 0 spiro atoms. The summed E-state index contributed by atoms with van der Waals surface area (Å²) in [6.45, 7) is 4.09. The second-order valence-corrected chi connectivity index (χ2v) is 3.23. The van der Waals surface area contributed by atoms with Crippen molar-refractivity contribution >= 4 is 5.82 Å². The van der Waals surface area contributed by atoms with Gasteiger partial charge in [0.15, 0.2) is 0 Å². The standard InChI is InChI=1S/C10H15N3/c1-3-4-5-9-7(2)8(6-11)10(12)13-9/h13H,3-5,12H2,1-2H3. The molecule has 0 saturated carbocycles. The summed E-state index contributed by atoms with van der Waals surface area (Å²) in [5, 5.41) is 8.79. The van der Waals surface area contributed by atoms with Crippen LogP contribution in [0, 0.1) is 18.3 Å². The molecule has 0 atom stereocenters. The number of hydrogen-bond acceptors (Lipinski definition) is 2. The first kappa shape index (κ1) is 9.66. The maximum atomic E-state index is 8.79. The fraction of sp³-hybridized carbons (Fsp3) is 0.500. The van der Waals surface area contributed by atoms with Gasteiger partial charge in [-0.2, -0.15) is 5.26 Å². The van der Waals surface area contributed by atoms with Crippen LogP contribution in [0.25, 0.3) is 0 Å². The van der Waals surface area contributed by atoms with E-state index in [0.717, 1.165) is 30.5 Å². The molecule has 0 aliphatic carbocycles. The largest absolute Gasteiger partial charge is 0.384 e. The average molecular weight is 177 g/mol. The number of aromatic nitrogens is 1. The molecule has 0 amide bonds. The smallest absolute Gasteiger partial charge is 0.119 e. The van der Waals surface area contributed by atoms with Gasteiger partial charge in [0, 0.05) is 5.69 Å². The highest BCUT2D eigenvalue weighted by atomic mass is 14.9. The highest BCUT2D eigenvalue weighted by Crippen LogP contribution is 2.20. The van der Waals surface area contributed by atoms with E-state index in [0.29, 0.717) is 11.4 Å². The lowest BCUT2D eigenvalue weighted by atomic mass is 10.1. The van der Waals surface area contributed by atoms with Crippen LogP contribution in [0.5, 0.6) is 0 Å². The minimum absolute atomic E-state index is 0.506. The van der Waals surface area contributed by atoms with Crippen LogP contribution in [0.2, 0.25) is 0 Å². The highest BCUT2D eigenvalue weighted by Gasteiger charge is 2.10. The van der Waals surface area contributed by atoms with Gasteiger partial charge < -0.3 is 10.7 Å². The number of anilines is 1. The lowest BCUT2D eigenvalue weighted by Gasteiger charge is -1.96. The number of aromatic amines is 1. The van der Waals surface area contributed by atoms with Crippen molar-refractivity contribution < 1.29 is 0 Å². The van der Waals surface area contributed by atoms with Crippen LogP contribution in [-0.2, 0) is 6.42 Å². The van der Waals surface area contributed by atoms with Gasteiger partial charge in [-0.25, -0.2) is 0 Å². The van der Waals surface area contributed by atoms with Gasteiger partial charge in [-0.05, 0) is 25.3 Å². The molecule has 0 saturated heterocycles. The van der Waals surface area contributed by atoms with E-state index in [2.05, 4.69) is 18.0 Å². The summed E-state index contributed by atoms with van der Waals surface area (Å²) >= 11 is 0. The molecule has 0 aliphatic rings. The third-order valence-electron chi connectivity index (χ3n) is 2.27. The minimum Gasteiger partial charge on any atom is -0.384 e. The topological polar surface area (TPSA) is 65.6 Å². The SMILES string of the molecule is CCCCc1[nH]c(N)c(C#N)c1C. The molecule has 1 aromatic rings. The number of hydrogen-bond donors (Lipinski definition) is 2. The summed E-state index contributed by atoms with van der Waals surface area (Å²) in [7, 11) is 0. The number of nitrogens with zero attached hydrogens (tertiary/aromatic N) is 1. The molecule has 3 nitrogen and oxygen atoms in total. The zero-order valence-electron chi connectivity index (χ0n) is 8.15. The molecule has 3 heteroatoms. The van der Waals surface area contributed by atoms with Crippen molar-refractivity contribution in [1.29, 1.82) is 5.26 Å². The van der Waals surface area contributed by atoms with E-state index in [1.54, 1.807) is 0 Å². The quantitative estimate of drug-likeness (QED) is 0.742. The van der Waals surface area contributed by atoms with Crippen LogP contribution in [0.3, 0.4) is 0 Å². The maximum absolute atomic E-state index is 8.79. The van der Waals surface area contributed by atoms with E-state index < -0.39 is 0 Å². The zero-order chi connectivity index (χ0) is 9.84. The molecule has 1 heterocycles. The predicted molar refractivity (Wildman–Crippen MR) is 53.3 cm³/mol. The number of nitrogen functional groups attached to an aromatic ring is 1. The molecule has 1 rings (SSSR count). The third kappa shape index (κ3) is 1.83. The normalized spacial score (nSPS) is 9.92. The Morgan fingerprint density at radius 2 is 2.23 bits per heavy atom. The number of nitrogens with two attached hydrogens (primary N) is 1. The van der Waals surface area contributed by atoms with Gasteiger partial charge in [-0.15, -0.1) is 0 Å². The first-order valence-electron chi connectivity index (χ1n) is 4.57. The van der Waals surface area contributed by atoms with Crippen molar-refractivity contribution in [3.63, 3.8) is 0 Å². The summed E-state index contributed by atoms with van der Waals surface area (Å²) in [5.74, 6) is 0.506. The number of nitriles is 1. The Balaban J connectivity index is 2.92. The Hall–Kier alpha value is -1.43. The summed E-state index contributed by atoms with van der Waals surface area (Å²) in [6, 6.07) is 2.10. The van der Waals surface area contributed by atoms with Crippen LogP contribution < -0.4 is 5.73 Å². The van der Waals surface area contributed by atoms with E-state index in [4.69, 9.17) is 11.0 Å². The molecule has 0 aliphatic heterocycles. The molecule has 3 N–H and O–H groups in total. The zero-order valence-corrected chi connectivity index (χ0v) is 8.15. The molecule has 0 aromatic carbocycles. The van der Waals surface area contributed by atoms with Crippen molar-refractivity contribution in [2.45, 2.75) is 33.1 Å². The van der Waals surface area contributed by atoms with Crippen molar-refractivity contribution in [3.8, 4) is 6.07 Å². The second kappa shape index (κ2) is 3.99. The van der Waals surface area contributed by atoms with Gasteiger partial charge in [-0.1, -0.05) is 13.3 Å². The Kier molecular flexibility index (Phi) is 2.97. The molecule has 1 aromatic heterocycles. The molecule has 0 fully saturated rings. The number of nitrogens with one attached hydrogen (secondary N) is 1. The van der Waals surface area contributed by atoms with Crippen LogP contribution in [0.4, 0.5) is 5.82 Å². The van der Waals surface area contributed by atoms with Gasteiger partial charge in [-0.3, -0.25) is 0 Å². The number of unbranched alkanes of at least 4 members (excludes halogenated alkanes) is 1. The molecule has 0 radical (unpaired) electrons. The highest BCUT2D eigenvalue weighted by molar-refractivity contribution is 5.56. The number of aryl methyl sites for hydroxylation is 1. The summed E-state index contributed by atoms with van der Waals surface area (Å²) < 4.78 is 0. The van der Waals surface area contributed by atoms with Crippen LogP contribution in [0.15, 0.2) is 0 Å². The summed E-state index contributed by atoms with van der Waals surface area (Å²) in [5.41, 5.74) is 8.36. The predicted octanol–water partition coefficient (Wildman–Crippen LogP) is 2.12. The molecular weight excluding hydrogens is 162 g/mol. The van der Waals surface area contributed by atoms with Crippen molar-refractivity contribution in [3.05, 3.63) is 16.8 Å². The van der Waals surface area contributed by atoms with Crippen LogP contribution in [0.1, 0.15) is 36.6 Å². The van der Waals surface area contributed by atoms with E-state index >= 15 is 0 Å². The van der Waals surface area contributed by atoms with Crippen molar-refractivity contribution in [1.82, 2.24) is 4.98 Å². The lowest BCUT2D eigenvalue weighted by Crippen LogP contribution is -1.88. The minimum atomic E-state index is 0.506. The summed E-state index contributed by atoms with van der Waals surface area (Å²) in [4.78, 5) is 3.05. The third-order valence-corrected chi connectivity index (χ3v) is 2.27. The Morgan fingerprint density at radius 1 is 1.54 bits per heavy atom. The molecule has 0 unspecified atom stereocenters. The average Bonchev–Trinajstić information content (AvgIpc) is 2.38. The van der Waals surface area contributed by atoms with E-state index in [1.165, 1.54) is 0 Å². The van der Waals surface area contributed by atoms with Gasteiger partial charge >= 0.3 is 0 Å². The number of rotatable bonds is 3. The van der Waals surface area contributed by atoms with Crippen molar-refractivity contribution in [2.75, 3.05) is 5.73 Å². The maximum Gasteiger partial charge on any atom is 0.119 e. The Labute approximate surface area is 78.6 Å². The van der Waals surface area contributed by atoms with Gasteiger partial charge in [0.25, 0.3) is 0 Å². The summed E-state index contributed by atoms with van der Waals surface area (Å²) in [6.07, 6.45) is 3.26. The van der Waals surface area contributed by atoms with Gasteiger partial charge in [0.05, 0.1) is 5.56 Å². The lowest BCUT2D eigenvalue weighted by molar-refractivity contribution is 0.777. The van der Waals surface area contributed by atoms with Gasteiger partial charge in [0.2, 0.25) is 0 Å². The van der Waals surface area contributed by atoms with E-state index in [9.17, 15) is 0 Å². The fourth-order valence-corrected chi connectivity index (χ4v) is 1.42. The first-order valence-corrected chi connectivity index (χ1v) is 4.57.